The Morgan fingerprint density at radius 2 is 1.81 bits per heavy atom. The average Bonchev–Trinajstić information content (AvgIpc) is 3.39. The van der Waals surface area contributed by atoms with Gasteiger partial charge in [0.2, 0.25) is 0 Å². The number of fused-ring (bicyclic) bond motifs is 3. The van der Waals surface area contributed by atoms with E-state index in [0.717, 1.165) is 53.2 Å². The smallest absolute Gasteiger partial charge is 0.168 e. The van der Waals surface area contributed by atoms with E-state index in [2.05, 4.69) is 38.1 Å². The van der Waals surface area contributed by atoms with Crippen molar-refractivity contribution in [2.24, 2.45) is 0 Å². The van der Waals surface area contributed by atoms with E-state index in [9.17, 15) is 5.11 Å². The quantitative estimate of drug-likeness (QED) is 0.528. The summed E-state index contributed by atoms with van der Waals surface area (Å²) in [5.41, 5.74) is 3.23. The van der Waals surface area contributed by atoms with Crippen LogP contribution in [0, 0.1) is 0 Å². The van der Waals surface area contributed by atoms with Gasteiger partial charge in [0, 0.05) is 23.3 Å². The maximum absolute atomic E-state index is 11.6. The van der Waals surface area contributed by atoms with Gasteiger partial charge in [0.1, 0.15) is 6.33 Å². The molecule has 31 heavy (non-hydrogen) atoms. The molecule has 6 nitrogen and oxygen atoms in total. The van der Waals surface area contributed by atoms with Crippen molar-refractivity contribution in [3.63, 3.8) is 0 Å². The zero-order valence-electron chi connectivity index (χ0n) is 17.5. The van der Waals surface area contributed by atoms with Crippen LogP contribution in [0.1, 0.15) is 31.2 Å². The van der Waals surface area contributed by atoms with Gasteiger partial charge in [-0.3, -0.25) is 9.88 Å². The number of pyridine rings is 1. The summed E-state index contributed by atoms with van der Waals surface area (Å²) in [5.74, 6) is 0.734. The fraction of sp³-hybridized carbons (Fsp3) is 0.320. The monoisotopic (exact) mass is 412 g/mol. The van der Waals surface area contributed by atoms with Gasteiger partial charge < -0.3 is 9.84 Å². The minimum Gasteiger partial charge on any atom is -0.504 e. The molecule has 4 aromatic rings. The number of rotatable bonds is 3. The van der Waals surface area contributed by atoms with Crippen LogP contribution in [-0.4, -0.2) is 45.2 Å². The van der Waals surface area contributed by atoms with Crippen molar-refractivity contribution in [3.05, 3.63) is 54.6 Å². The number of aromatic hydroxyl groups is 1. The molecule has 0 spiro atoms. The molecule has 0 radical (unpaired) electrons. The molecule has 0 atom stereocenters. The van der Waals surface area contributed by atoms with Gasteiger partial charge in [-0.1, -0.05) is 24.3 Å². The predicted molar refractivity (Wildman–Crippen MR) is 120 cm³/mol. The first kappa shape index (κ1) is 18.5. The van der Waals surface area contributed by atoms with E-state index >= 15 is 0 Å². The molecule has 6 heteroatoms. The predicted octanol–water partition coefficient (Wildman–Crippen LogP) is 4.64. The number of phenolic OH excluding ortho intramolecular Hbond substituents is 1. The first-order chi connectivity index (χ1) is 15.2. The second-order valence-electron chi connectivity index (χ2n) is 8.55. The van der Waals surface area contributed by atoms with Crippen molar-refractivity contribution >= 4 is 21.7 Å². The number of aromatic nitrogens is 3. The molecule has 2 aliphatic heterocycles. The summed E-state index contributed by atoms with van der Waals surface area (Å²) in [6.45, 7) is 2.21. The van der Waals surface area contributed by atoms with Gasteiger partial charge in [-0.05, 0) is 55.6 Å². The summed E-state index contributed by atoms with van der Waals surface area (Å²) in [4.78, 5) is 15.7. The van der Waals surface area contributed by atoms with Crippen LogP contribution in [0.4, 0.5) is 0 Å². The van der Waals surface area contributed by atoms with Crippen LogP contribution in [0.2, 0.25) is 0 Å². The number of hydrogen-bond acceptors (Lipinski definition) is 6. The molecule has 4 heterocycles. The van der Waals surface area contributed by atoms with E-state index in [1.54, 1.807) is 19.5 Å². The van der Waals surface area contributed by atoms with Crippen molar-refractivity contribution in [3.8, 4) is 22.8 Å². The van der Waals surface area contributed by atoms with Crippen molar-refractivity contribution in [2.45, 2.75) is 31.2 Å². The summed E-state index contributed by atoms with van der Waals surface area (Å²) in [6, 6.07) is 10.2. The van der Waals surface area contributed by atoms with Gasteiger partial charge >= 0.3 is 0 Å². The van der Waals surface area contributed by atoms with Crippen LogP contribution < -0.4 is 4.74 Å². The number of phenols is 1. The lowest BCUT2D eigenvalue weighted by Crippen LogP contribution is -2.36. The van der Waals surface area contributed by atoms with Crippen LogP contribution in [0.25, 0.3) is 32.9 Å². The van der Waals surface area contributed by atoms with Crippen LogP contribution in [0.15, 0.2) is 49.1 Å². The van der Waals surface area contributed by atoms with Crippen molar-refractivity contribution in [1.29, 1.82) is 0 Å². The molecule has 2 aliphatic rings. The average molecular weight is 412 g/mol. The summed E-state index contributed by atoms with van der Waals surface area (Å²) in [5, 5.41) is 14.5. The minimum absolute atomic E-state index is 0.0645. The Morgan fingerprint density at radius 3 is 2.58 bits per heavy atom. The molecule has 0 amide bonds. The highest BCUT2D eigenvalue weighted by molar-refractivity contribution is 6.04. The molecule has 0 saturated carbocycles. The SMILES string of the molecule is COc1c(O)c(-c2cc3ncncc3cn2)c2ccccc2c1C12CCCN1CCC2. The van der Waals surface area contributed by atoms with Crippen molar-refractivity contribution < 1.29 is 9.84 Å². The van der Waals surface area contributed by atoms with Crippen molar-refractivity contribution in [2.75, 3.05) is 20.2 Å². The molecular weight excluding hydrogens is 388 g/mol. The first-order valence-electron chi connectivity index (χ1n) is 10.9. The highest BCUT2D eigenvalue weighted by Crippen LogP contribution is 2.56. The Morgan fingerprint density at radius 1 is 1.03 bits per heavy atom. The topological polar surface area (TPSA) is 71.4 Å². The maximum atomic E-state index is 11.6. The third kappa shape index (κ3) is 2.58. The third-order valence-electron chi connectivity index (χ3n) is 7.10. The summed E-state index contributed by atoms with van der Waals surface area (Å²) in [6.07, 6.45) is 9.57. The second-order valence-corrected chi connectivity index (χ2v) is 8.55. The van der Waals surface area contributed by atoms with Gasteiger partial charge in [0.15, 0.2) is 11.5 Å². The number of methoxy groups -OCH3 is 1. The molecular formula is C25H24N4O2. The number of hydrogen-bond donors (Lipinski definition) is 1. The molecule has 0 unspecified atom stereocenters. The normalized spacial score (nSPS) is 18.0. The zero-order chi connectivity index (χ0) is 21.0. The van der Waals surface area contributed by atoms with E-state index in [1.165, 1.54) is 19.2 Å². The number of nitrogens with zero attached hydrogens (tertiary/aromatic N) is 4. The Bertz CT molecular complexity index is 1310. The lowest BCUT2D eigenvalue weighted by molar-refractivity contribution is 0.192. The Balaban J connectivity index is 1.68. The minimum atomic E-state index is -0.0645. The molecule has 0 aliphatic carbocycles. The third-order valence-corrected chi connectivity index (χ3v) is 7.10. The Kier molecular flexibility index (Phi) is 4.11. The summed E-state index contributed by atoms with van der Waals surface area (Å²) < 4.78 is 5.92. The van der Waals surface area contributed by atoms with E-state index in [4.69, 9.17) is 4.74 Å². The molecule has 2 fully saturated rings. The Hall–Kier alpha value is -3.25. The number of ether oxygens (including phenoxy) is 1. The fourth-order valence-electron chi connectivity index (χ4n) is 5.85. The van der Waals surface area contributed by atoms with E-state index in [1.807, 2.05) is 12.1 Å². The first-order valence-corrected chi connectivity index (χ1v) is 10.9. The van der Waals surface area contributed by atoms with E-state index in [0.29, 0.717) is 17.0 Å². The van der Waals surface area contributed by atoms with E-state index < -0.39 is 0 Å². The van der Waals surface area contributed by atoms with Crippen LogP contribution in [0.5, 0.6) is 11.5 Å². The second kappa shape index (κ2) is 6.89. The molecule has 156 valence electrons. The molecule has 2 aromatic carbocycles. The van der Waals surface area contributed by atoms with Crippen LogP contribution in [-0.2, 0) is 5.54 Å². The fourth-order valence-corrected chi connectivity index (χ4v) is 5.85. The molecule has 6 rings (SSSR count). The maximum Gasteiger partial charge on any atom is 0.168 e. The summed E-state index contributed by atoms with van der Waals surface area (Å²) >= 11 is 0. The molecule has 2 saturated heterocycles. The van der Waals surface area contributed by atoms with Gasteiger partial charge in [-0.25, -0.2) is 9.97 Å². The lowest BCUT2D eigenvalue weighted by Gasteiger charge is -2.35. The van der Waals surface area contributed by atoms with E-state index in [-0.39, 0.29) is 11.3 Å². The van der Waals surface area contributed by atoms with Crippen molar-refractivity contribution in [1.82, 2.24) is 19.9 Å². The number of benzene rings is 2. The lowest BCUT2D eigenvalue weighted by atomic mass is 9.80. The van der Waals surface area contributed by atoms with Crippen LogP contribution >= 0.6 is 0 Å². The van der Waals surface area contributed by atoms with Crippen LogP contribution in [0.3, 0.4) is 0 Å². The largest absolute Gasteiger partial charge is 0.504 e. The standard InChI is InChI=1S/C25H24N4O2/c1-31-24-22(25-8-4-10-29(25)11-5-9-25)18-7-3-2-6-17(18)21(23(24)30)20-12-19-16(14-27-20)13-26-15-28-19/h2-3,6-7,12-15,30H,4-5,8-11H2,1H3. The van der Waals surface area contributed by atoms with Gasteiger partial charge in [-0.2, -0.15) is 0 Å². The zero-order valence-corrected chi connectivity index (χ0v) is 17.5. The Labute approximate surface area is 180 Å². The van der Waals surface area contributed by atoms with Gasteiger partial charge in [0.05, 0.1) is 29.4 Å². The van der Waals surface area contributed by atoms with Gasteiger partial charge in [0.25, 0.3) is 0 Å². The summed E-state index contributed by atoms with van der Waals surface area (Å²) in [7, 11) is 1.66. The van der Waals surface area contributed by atoms with Gasteiger partial charge in [-0.15, -0.1) is 0 Å². The molecule has 2 aromatic heterocycles. The highest BCUT2D eigenvalue weighted by atomic mass is 16.5. The molecule has 0 bridgehead atoms. The highest BCUT2D eigenvalue weighted by Gasteiger charge is 2.48. The molecule has 1 N–H and O–H groups in total.